The standard InChI is InChI=1S/C59H78/c1-4-6-8-10-12-14-16-18-20-22-24-26-28-50-30-34-52(35-31-50)38-39-54-40-41-55-48-58-49-59(3,45-43-56(58)47-57(55)46-54)44-42-53-36-32-51(33-37-53)29-27-25-23-21-19-17-15-13-11-9-7-5-2/h30-37,40-41,43,45-48H,4-29,49H2,1-3H3. The minimum atomic E-state index is -0.179. The first-order valence-corrected chi connectivity index (χ1v) is 24.5. The van der Waals surface area contributed by atoms with Crippen molar-refractivity contribution in [3.05, 3.63) is 124 Å². The summed E-state index contributed by atoms with van der Waals surface area (Å²) in [4.78, 5) is 0. The molecule has 0 amide bonds. The maximum absolute atomic E-state index is 3.63. The van der Waals surface area contributed by atoms with E-state index in [9.17, 15) is 0 Å². The Morgan fingerprint density at radius 2 is 0.847 bits per heavy atom. The first kappa shape index (κ1) is 46.1. The third-order valence-electron chi connectivity index (χ3n) is 12.7. The van der Waals surface area contributed by atoms with Crippen molar-refractivity contribution >= 4 is 16.8 Å². The highest BCUT2D eigenvalue weighted by atomic mass is 14.3. The molecule has 1 aliphatic carbocycles. The molecule has 0 spiro atoms. The van der Waals surface area contributed by atoms with Gasteiger partial charge < -0.3 is 0 Å². The maximum Gasteiger partial charge on any atom is 0.0513 e. The molecule has 0 bridgehead atoms. The minimum absolute atomic E-state index is 0.179. The summed E-state index contributed by atoms with van der Waals surface area (Å²) in [6.45, 7) is 6.87. The lowest BCUT2D eigenvalue weighted by Gasteiger charge is -2.25. The van der Waals surface area contributed by atoms with E-state index in [1.165, 1.54) is 200 Å². The summed E-state index contributed by atoms with van der Waals surface area (Å²) in [5, 5.41) is 2.52. The lowest BCUT2D eigenvalue weighted by molar-refractivity contribution is 0.544. The predicted octanol–water partition coefficient (Wildman–Crippen LogP) is 17.4. The van der Waals surface area contributed by atoms with Gasteiger partial charge >= 0.3 is 0 Å². The quantitative estimate of drug-likeness (QED) is 0.0439. The van der Waals surface area contributed by atoms with E-state index >= 15 is 0 Å². The molecule has 59 heavy (non-hydrogen) atoms. The molecule has 0 saturated heterocycles. The molecule has 4 aromatic carbocycles. The van der Waals surface area contributed by atoms with E-state index in [0.717, 1.165) is 23.1 Å². The topological polar surface area (TPSA) is 0 Å². The van der Waals surface area contributed by atoms with Crippen LogP contribution in [0.5, 0.6) is 0 Å². The summed E-state index contributed by atoms with van der Waals surface area (Å²) in [5.74, 6) is 14.0. The molecule has 0 aliphatic heterocycles. The van der Waals surface area contributed by atoms with Gasteiger partial charge in [-0.2, -0.15) is 0 Å². The van der Waals surface area contributed by atoms with Crippen LogP contribution >= 0.6 is 0 Å². The molecule has 0 aromatic heterocycles. The van der Waals surface area contributed by atoms with Crippen molar-refractivity contribution in [1.82, 2.24) is 0 Å². The highest BCUT2D eigenvalue weighted by Gasteiger charge is 2.24. The second-order valence-corrected chi connectivity index (χ2v) is 18.2. The van der Waals surface area contributed by atoms with Gasteiger partial charge in [0.25, 0.3) is 0 Å². The Hall–Kier alpha value is -4.00. The summed E-state index contributed by atoms with van der Waals surface area (Å²) < 4.78 is 0. The second kappa shape index (κ2) is 27.0. The van der Waals surface area contributed by atoms with E-state index in [0.29, 0.717) is 0 Å². The van der Waals surface area contributed by atoms with E-state index in [1.54, 1.807) is 0 Å². The third kappa shape index (κ3) is 17.6. The first-order chi connectivity index (χ1) is 29.0. The van der Waals surface area contributed by atoms with Crippen LogP contribution in [0.3, 0.4) is 0 Å². The Balaban J connectivity index is 1.01. The van der Waals surface area contributed by atoms with E-state index < -0.39 is 0 Å². The molecule has 0 heterocycles. The largest absolute Gasteiger partial charge is 0.0868 e. The van der Waals surface area contributed by atoms with Crippen LogP contribution in [-0.2, 0) is 19.3 Å². The van der Waals surface area contributed by atoms with Gasteiger partial charge in [-0.3, -0.25) is 0 Å². The number of fused-ring (bicyclic) bond motifs is 2. The molecule has 0 N–H and O–H groups in total. The normalized spacial score (nSPS) is 14.4. The Bertz CT molecular complexity index is 1930. The van der Waals surface area contributed by atoms with Gasteiger partial charge in [-0.1, -0.05) is 227 Å². The number of allylic oxidation sites excluding steroid dienone is 1. The van der Waals surface area contributed by atoms with Crippen LogP contribution in [-0.4, -0.2) is 0 Å². The highest BCUT2D eigenvalue weighted by Crippen LogP contribution is 2.34. The SMILES string of the molecule is CCCCCCCCCCCCCCc1ccc(C#Cc2ccc3cc4c(cc3c2)C=CC(C)(C#Cc2ccc(CCCCCCCCCCCCCC)cc2)C4)cc1. The summed E-state index contributed by atoms with van der Waals surface area (Å²) in [6, 6.07) is 29.3. The van der Waals surface area contributed by atoms with Gasteiger partial charge in [0.15, 0.2) is 0 Å². The molecule has 0 nitrogen and oxygen atoms in total. The van der Waals surface area contributed by atoms with Gasteiger partial charge in [-0.25, -0.2) is 0 Å². The molecule has 0 radical (unpaired) electrons. The molecule has 0 heteroatoms. The average molecular weight is 787 g/mol. The van der Waals surface area contributed by atoms with Gasteiger partial charge in [0.05, 0.1) is 5.41 Å². The van der Waals surface area contributed by atoms with Crippen LogP contribution in [0.1, 0.15) is 214 Å². The Morgan fingerprint density at radius 1 is 0.424 bits per heavy atom. The summed E-state index contributed by atoms with van der Waals surface area (Å²) in [6.07, 6.45) is 41.4. The number of rotatable bonds is 26. The van der Waals surface area contributed by atoms with Crippen molar-refractivity contribution in [3.8, 4) is 23.7 Å². The van der Waals surface area contributed by atoms with Crippen molar-refractivity contribution in [2.24, 2.45) is 5.41 Å². The van der Waals surface area contributed by atoms with Gasteiger partial charge in [-0.15, -0.1) is 0 Å². The van der Waals surface area contributed by atoms with Crippen LogP contribution in [0, 0.1) is 29.1 Å². The van der Waals surface area contributed by atoms with Crippen LogP contribution < -0.4 is 0 Å². The van der Waals surface area contributed by atoms with Gasteiger partial charge in [0, 0.05) is 16.7 Å². The van der Waals surface area contributed by atoms with E-state index in [4.69, 9.17) is 0 Å². The minimum Gasteiger partial charge on any atom is -0.0868 e. The lowest BCUT2D eigenvalue weighted by atomic mass is 9.77. The van der Waals surface area contributed by atoms with E-state index in [-0.39, 0.29) is 5.41 Å². The smallest absolute Gasteiger partial charge is 0.0513 e. The third-order valence-corrected chi connectivity index (χ3v) is 12.7. The van der Waals surface area contributed by atoms with Crippen LogP contribution in [0.2, 0.25) is 0 Å². The molecule has 0 saturated carbocycles. The van der Waals surface area contributed by atoms with Crippen LogP contribution in [0.15, 0.2) is 84.9 Å². The van der Waals surface area contributed by atoms with E-state index in [1.807, 2.05) is 0 Å². The maximum atomic E-state index is 3.63. The molecule has 5 rings (SSSR count). The zero-order valence-electron chi connectivity index (χ0n) is 37.8. The molecular weight excluding hydrogens is 709 g/mol. The zero-order chi connectivity index (χ0) is 41.2. The zero-order valence-corrected chi connectivity index (χ0v) is 37.8. The molecule has 4 aromatic rings. The molecule has 1 unspecified atom stereocenters. The molecule has 0 fully saturated rings. The van der Waals surface area contributed by atoms with Crippen molar-refractivity contribution in [2.45, 2.75) is 194 Å². The number of unbranched alkanes of at least 4 members (excludes halogenated alkanes) is 22. The highest BCUT2D eigenvalue weighted by molar-refractivity contribution is 5.88. The second-order valence-electron chi connectivity index (χ2n) is 18.2. The molecule has 1 aliphatic rings. The first-order valence-electron chi connectivity index (χ1n) is 24.5. The summed E-state index contributed by atoms with van der Waals surface area (Å²) >= 11 is 0. The fourth-order valence-corrected chi connectivity index (χ4v) is 8.77. The van der Waals surface area contributed by atoms with Gasteiger partial charge in [-0.05, 0) is 115 Å². The van der Waals surface area contributed by atoms with Crippen molar-refractivity contribution < 1.29 is 0 Å². The van der Waals surface area contributed by atoms with Crippen molar-refractivity contribution in [2.75, 3.05) is 0 Å². The molecule has 1 atom stereocenters. The predicted molar refractivity (Wildman–Crippen MR) is 260 cm³/mol. The molecule has 314 valence electrons. The fraction of sp³-hybridized carbons (Fsp3) is 0.525. The lowest BCUT2D eigenvalue weighted by Crippen LogP contribution is -2.18. The number of hydrogen-bond acceptors (Lipinski definition) is 0. The summed E-state index contributed by atoms with van der Waals surface area (Å²) in [5.41, 5.74) is 8.63. The number of benzene rings is 4. The van der Waals surface area contributed by atoms with Gasteiger partial charge in [0.1, 0.15) is 0 Å². The van der Waals surface area contributed by atoms with Gasteiger partial charge in [0.2, 0.25) is 0 Å². The Labute approximate surface area is 362 Å². The van der Waals surface area contributed by atoms with E-state index in [2.05, 4.69) is 135 Å². The fourth-order valence-electron chi connectivity index (χ4n) is 8.77. The summed E-state index contributed by atoms with van der Waals surface area (Å²) in [7, 11) is 0. The van der Waals surface area contributed by atoms with Crippen molar-refractivity contribution in [1.29, 1.82) is 0 Å². The number of aryl methyl sites for hydroxylation is 2. The monoisotopic (exact) mass is 787 g/mol. The average Bonchev–Trinajstić information content (AvgIpc) is 3.26. The van der Waals surface area contributed by atoms with Crippen LogP contribution in [0.25, 0.3) is 16.8 Å². The number of hydrogen-bond donors (Lipinski definition) is 0. The Morgan fingerprint density at radius 3 is 1.34 bits per heavy atom. The van der Waals surface area contributed by atoms with Crippen molar-refractivity contribution in [3.63, 3.8) is 0 Å². The Kier molecular flexibility index (Phi) is 21.1. The van der Waals surface area contributed by atoms with Crippen LogP contribution in [0.4, 0.5) is 0 Å². The molecular formula is C59H78.